The second-order valence-corrected chi connectivity index (χ2v) is 8.41. The number of rotatable bonds is 6. The molecule has 2 heterocycles. The predicted octanol–water partition coefficient (Wildman–Crippen LogP) is 5.80. The average molecular weight is 408 g/mol. The van der Waals surface area contributed by atoms with Crippen LogP contribution in [0.5, 0.6) is 0 Å². The maximum Gasteiger partial charge on any atom is 0.266 e. The van der Waals surface area contributed by atoms with Crippen molar-refractivity contribution in [1.82, 2.24) is 4.98 Å². The number of hydrogen-bond acceptors (Lipinski definition) is 4. The zero-order valence-corrected chi connectivity index (χ0v) is 17.1. The van der Waals surface area contributed by atoms with Gasteiger partial charge in [-0.25, -0.2) is 4.98 Å². The zero-order chi connectivity index (χ0) is 20.5. The summed E-state index contributed by atoms with van der Waals surface area (Å²) in [5.74, 6) is -0.105. The van der Waals surface area contributed by atoms with E-state index in [1.807, 2.05) is 31.4 Å². The van der Waals surface area contributed by atoms with Gasteiger partial charge in [-0.15, -0.1) is 11.3 Å². The number of aryl methyl sites for hydroxylation is 1. The highest BCUT2D eigenvalue weighted by atomic mass is 32.1. The third kappa shape index (κ3) is 4.27. The molecule has 4 rings (SSSR count). The fourth-order valence-electron chi connectivity index (χ4n) is 3.27. The zero-order valence-electron chi connectivity index (χ0n) is 16.3. The molecule has 0 spiro atoms. The maximum absolute atomic E-state index is 13.1. The van der Waals surface area contributed by atoms with E-state index < -0.39 is 5.95 Å². The predicted molar refractivity (Wildman–Crippen MR) is 113 cm³/mol. The molecule has 1 aliphatic rings. The lowest BCUT2D eigenvalue weighted by Crippen LogP contribution is -2.13. The van der Waals surface area contributed by atoms with Crippen molar-refractivity contribution < 1.29 is 14.0 Å². The summed E-state index contributed by atoms with van der Waals surface area (Å²) < 4.78 is 13.1. The van der Waals surface area contributed by atoms with E-state index in [-0.39, 0.29) is 11.7 Å². The van der Waals surface area contributed by atoms with Crippen molar-refractivity contribution in [3.05, 3.63) is 69.4 Å². The standard InChI is InChI=1S/C23H21FN2O2S/c1-13-3-6-16(20(27)9-15-4-5-15)10-19(13)26-23(28)22-14(2)18(12-29-22)17-7-8-21(24)25-11-17/h3,6-8,10-12,15H,4-5,9H2,1-2H3,(H,26,28). The fourth-order valence-corrected chi connectivity index (χ4v) is 4.27. The Hall–Kier alpha value is -2.86. The minimum absolute atomic E-state index is 0.126. The third-order valence-electron chi connectivity index (χ3n) is 5.26. The smallest absolute Gasteiger partial charge is 0.266 e. The van der Waals surface area contributed by atoms with Crippen molar-refractivity contribution in [2.24, 2.45) is 5.92 Å². The molecule has 1 saturated carbocycles. The van der Waals surface area contributed by atoms with Crippen LogP contribution in [0.15, 0.2) is 41.9 Å². The summed E-state index contributed by atoms with van der Waals surface area (Å²) in [6, 6.07) is 8.42. The summed E-state index contributed by atoms with van der Waals surface area (Å²) in [6.45, 7) is 3.77. The highest BCUT2D eigenvalue weighted by Gasteiger charge is 2.25. The Balaban J connectivity index is 1.55. The first-order valence-electron chi connectivity index (χ1n) is 9.57. The number of carbonyl (C=O) groups is 2. The molecule has 0 atom stereocenters. The van der Waals surface area contributed by atoms with Crippen molar-refractivity contribution in [3.8, 4) is 11.1 Å². The van der Waals surface area contributed by atoms with E-state index in [1.54, 1.807) is 12.1 Å². The fraction of sp³-hybridized carbons (Fsp3) is 0.261. The Labute approximate surface area is 172 Å². The van der Waals surface area contributed by atoms with Crippen molar-refractivity contribution in [1.29, 1.82) is 0 Å². The van der Waals surface area contributed by atoms with Gasteiger partial charge in [-0.2, -0.15) is 4.39 Å². The number of nitrogens with zero attached hydrogens (tertiary/aromatic N) is 1. The van der Waals surface area contributed by atoms with Gasteiger partial charge >= 0.3 is 0 Å². The molecule has 148 valence electrons. The van der Waals surface area contributed by atoms with Crippen LogP contribution in [0.4, 0.5) is 10.1 Å². The van der Waals surface area contributed by atoms with Crippen LogP contribution < -0.4 is 5.32 Å². The van der Waals surface area contributed by atoms with E-state index in [1.165, 1.54) is 23.6 Å². The highest BCUT2D eigenvalue weighted by molar-refractivity contribution is 7.12. The molecule has 0 bridgehead atoms. The quantitative estimate of drug-likeness (QED) is 0.414. The molecule has 1 fully saturated rings. The van der Waals surface area contributed by atoms with Gasteiger partial charge in [0.2, 0.25) is 5.95 Å². The van der Waals surface area contributed by atoms with Crippen molar-refractivity contribution in [2.75, 3.05) is 5.32 Å². The maximum atomic E-state index is 13.1. The summed E-state index contributed by atoms with van der Waals surface area (Å²) in [6.07, 6.45) is 4.30. The molecule has 4 nitrogen and oxygen atoms in total. The Morgan fingerprint density at radius 3 is 2.69 bits per heavy atom. The van der Waals surface area contributed by atoms with Crippen LogP contribution in [-0.2, 0) is 0 Å². The number of amides is 1. The first-order valence-corrected chi connectivity index (χ1v) is 10.5. The molecule has 0 aliphatic heterocycles. The van der Waals surface area contributed by atoms with Crippen LogP contribution in [0.25, 0.3) is 11.1 Å². The highest BCUT2D eigenvalue weighted by Crippen LogP contribution is 2.34. The molecular formula is C23H21FN2O2S. The Kier molecular flexibility index (Phi) is 5.28. The van der Waals surface area contributed by atoms with E-state index in [2.05, 4.69) is 10.3 Å². The molecule has 0 saturated heterocycles. The van der Waals surface area contributed by atoms with E-state index in [0.29, 0.717) is 28.5 Å². The van der Waals surface area contributed by atoms with Gasteiger partial charge in [0.05, 0.1) is 4.88 Å². The number of aromatic nitrogens is 1. The Morgan fingerprint density at radius 2 is 2.00 bits per heavy atom. The molecule has 0 unspecified atom stereocenters. The lowest BCUT2D eigenvalue weighted by Gasteiger charge is -2.10. The molecule has 1 aliphatic carbocycles. The topological polar surface area (TPSA) is 59.1 Å². The van der Waals surface area contributed by atoms with Crippen LogP contribution in [0.1, 0.15) is 50.4 Å². The first kappa shape index (κ1) is 19.5. The number of carbonyl (C=O) groups excluding carboxylic acids is 2. The lowest BCUT2D eigenvalue weighted by molar-refractivity contribution is 0.0974. The molecule has 29 heavy (non-hydrogen) atoms. The van der Waals surface area contributed by atoms with Crippen LogP contribution in [0.3, 0.4) is 0 Å². The number of halogens is 1. The number of ketones is 1. The van der Waals surface area contributed by atoms with Crippen LogP contribution in [0, 0.1) is 25.7 Å². The van der Waals surface area contributed by atoms with Gasteiger partial charge in [-0.3, -0.25) is 9.59 Å². The number of hydrogen-bond donors (Lipinski definition) is 1. The molecule has 0 radical (unpaired) electrons. The van der Waals surface area contributed by atoms with Crippen molar-refractivity contribution >= 4 is 28.7 Å². The molecule has 6 heteroatoms. The summed E-state index contributed by atoms with van der Waals surface area (Å²) in [5, 5.41) is 4.83. The molecular weight excluding hydrogens is 387 g/mol. The Bertz CT molecular complexity index is 1080. The van der Waals surface area contributed by atoms with Crippen LogP contribution in [0.2, 0.25) is 0 Å². The van der Waals surface area contributed by atoms with E-state index in [0.717, 1.165) is 35.1 Å². The summed E-state index contributed by atoms with van der Waals surface area (Å²) >= 11 is 1.34. The minimum Gasteiger partial charge on any atom is -0.321 e. The SMILES string of the molecule is Cc1ccc(C(=O)CC2CC2)cc1NC(=O)c1scc(-c2ccc(F)nc2)c1C. The van der Waals surface area contributed by atoms with Gasteiger partial charge in [0.1, 0.15) is 0 Å². The van der Waals surface area contributed by atoms with Gasteiger partial charge in [-0.1, -0.05) is 12.1 Å². The number of thiophene rings is 1. The molecule has 1 amide bonds. The number of Topliss-reactive ketones (excluding diaryl/α,β-unsaturated/α-hetero) is 1. The molecule has 1 N–H and O–H groups in total. The monoisotopic (exact) mass is 408 g/mol. The van der Waals surface area contributed by atoms with Crippen LogP contribution in [-0.4, -0.2) is 16.7 Å². The van der Waals surface area contributed by atoms with Gasteiger partial charge in [-0.05, 0) is 72.9 Å². The van der Waals surface area contributed by atoms with Crippen molar-refractivity contribution in [2.45, 2.75) is 33.1 Å². The largest absolute Gasteiger partial charge is 0.321 e. The third-order valence-corrected chi connectivity index (χ3v) is 6.34. The van der Waals surface area contributed by atoms with Gasteiger partial charge in [0, 0.05) is 29.4 Å². The van der Waals surface area contributed by atoms with Gasteiger partial charge < -0.3 is 5.32 Å². The summed E-state index contributed by atoms with van der Waals surface area (Å²) in [5.41, 5.74) is 4.63. The molecule has 2 aromatic heterocycles. The van der Waals surface area contributed by atoms with Gasteiger partial charge in [0.25, 0.3) is 5.91 Å². The van der Waals surface area contributed by atoms with E-state index in [9.17, 15) is 14.0 Å². The number of nitrogens with one attached hydrogen (secondary N) is 1. The number of anilines is 1. The van der Waals surface area contributed by atoms with E-state index >= 15 is 0 Å². The summed E-state index contributed by atoms with van der Waals surface area (Å²) in [7, 11) is 0. The Morgan fingerprint density at radius 1 is 1.21 bits per heavy atom. The second-order valence-electron chi connectivity index (χ2n) is 7.53. The van der Waals surface area contributed by atoms with Gasteiger partial charge in [0.15, 0.2) is 5.78 Å². The first-order chi connectivity index (χ1) is 13.9. The number of benzene rings is 1. The lowest BCUT2D eigenvalue weighted by atomic mass is 10.0. The normalized spacial score (nSPS) is 13.3. The second kappa shape index (κ2) is 7.87. The number of pyridine rings is 1. The van der Waals surface area contributed by atoms with Crippen molar-refractivity contribution in [3.63, 3.8) is 0 Å². The van der Waals surface area contributed by atoms with E-state index in [4.69, 9.17) is 0 Å². The minimum atomic E-state index is -0.536. The van der Waals surface area contributed by atoms with Crippen LogP contribution >= 0.6 is 11.3 Å². The average Bonchev–Trinajstić information content (AvgIpc) is 3.43. The molecule has 3 aromatic rings. The molecule has 1 aromatic carbocycles. The summed E-state index contributed by atoms with van der Waals surface area (Å²) in [4.78, 5) is 29.6.